The van der Waals surface area contributed by atoms with Crippen LogP contribution in [0.1, 0.15) is 64.2 Å². The zero-order valence-electron chi connectivity index (χ0n) is 24.8. The van der Waals surface area contributed by atoms with E-state index in [9.17, 15) is 19.5 Å². The second-order valence-electron chi connectivity index (χ2n) is 12.2. The van der Waals surface area contributed by atoms with E-state index in [0.29, 0.717) is 17.0 Å². The third-order valence-electron chi connectivity index (χ3n) is 6.47. The summed E-state index contributed by atoms with van der Waals surface area (Å²) in [5.74, 6) is -0.975. The predicted octanol–water partition coefficient (Wildman–Crippen LogP) is 6.75. The lowest BCUT2D eigenvalue weighted by Crippen LogP contribution is -2.43. The fraction of sp³-hybridized carbons (Fsp3) is 0.364. The molecule has 0 radical (unpaired) electrons. The van der Waals surface area contributed by atoms with Gasteiger partial charge in [0.15, 0.2) is 0 Å². The summed E-state index contributed by atoms with van der Waals surface area (Å²) in [4.78, 5) is 37.4. The Labute approximate surface area is 246 Å². The highest BCUT2D eigenvalue weighted by Crippen LogP contribution is 2.44. The van der Waals surface area contributed by atoms with Crippen LogP contribution in [0.3, 0.4) is 0 Å². The Kier molecular flexibility index (Phi) is 8.80. The van der Waals surface area contributed by atoms with Crippen LogP contribution in [0, 0.1) is 0 Å². The smallest absolute Gasteiger partial charge is 0.412 e. The lowest BCUT2D eigenvalue weighted by Gasteiger charge is -2.25. The largest absolute Gasteiger partial charge is 0.486 e. The van der Waals surface area contributed by atoms with Crippen LogP contribution in [0.25, 0.3) is 11.1 Å². The van der Waals surface area contributed by atoms with Gasteiger partial charge in [-0.3, -0.25) is 5.32 Å². The van der Waals surface area contributed by atoms with Crippen molar-refractivity contribution < 1.29 is 33.7 Å². The van der Waals surface area contributed by atoms with Crippen molar-refractivity contribution >= 4 is 23.8 Å². The number of hydrogen-bond acceptors (Lipinski definition) is 6. The molecule has 0 unspecified atom stereocenters. The van der Waals surface area contributed by atoms with Crippen LogP contribution in [-0.4, -0.2) is 47.1 Å². The number of carbonyl (C=O) groups is 3. The Morgan fingerprint density at radius 3 is 1.98 bits per heavy atom. The van der Waals surface area contributed by atoms with E-state index in [1.807, 2.05) is 69.3 Å². The molecule has 4 rings (SSSR count). The number of carbonyl (C=O) groups excluding carboxylic acids is 2. The molecule has 0 saturated carbocycles. The molecule has 0 aromatic heterocycles. The molecule has 1 aliphatic carbocycles. The molecule has 0 bridgehead atoms. The Bertz CT molecular complexity index is 1420. The Morgan fingerprint density at radius 1 is 0.833 bits per heavy atom. The molecule has 222 valence electrons. The number of benzene rings is 3. The van der Waals surface area contributed by atoms with Gasteiger partial charge in [-0.05, 0) is 81.5 Å². The summed E-state index contributed by atoms with van der Waals surface area (Å²) >= 11 is 0. The minimum Gasteiger partial charge on any atom is -0.486 e. The molecule has 0 saturated heterocycles. The summed E-state index contributed by atoms with van der Waals surface area (Å²) in [6, 6.07) is 19.6. The summed E-state index contributed by atoms with van der Waals surface area (Å²) in [5, 5.41) is 15.1. The Hall–Kier alpha value is -4.53. The van der Waals surface area contributed by atoms with Crippen LogP contribution < -0.4 is 15.4 Å². The molecule has 0 spiro atoms. The number of hydrogen-bond donors (Lipinski definition) is 3. The number of carboxylic acid groups (broad SMARTS) is 1. The fourth-order valence-electron chi connectivity index (χ4n) is 4.85. The van der Waals surface area contributed by atoms with Crippen LogP contribution in [0.5, 0.6) is 5.75 Å². The first-order valence-corrected chi connectivity index (χ1v) is 13.9. The van der Waals surface area contributed by atoms with Crippen molar-refractivity contribution in [3.63, 3.8) is 0 Å². The molecule has 0 aliphatic heterocycles. The van der Waals surface area contributed by atoms with Gasteiger partial charge in [0.05, 0.1) is 5.69 Å². The number of carboxylic acids is 1. The molecule has 1 atom stereocenters. The number of amides is 2. The third kappa shape index (κ3) is 7.81. The maximum absolute atomic E-state index is 12.8. The third-order valence-corrected chi connectivity index (χ3v) is 6.47. The maximum Gasteiger partial charge on any atom is 0.412 e. The molecule has 1 aliphatic rings. The normalized spacial score (nSPS) is 13.4. The van der Waals surface area contributed by atoms with E-state index in [2.05, 4.69) is 10.6 Å². The highest BCUT2D eigenvalue weighted by molar-refractivity contribution is 5.87. The second kappa shape index (κ2) is 12.1. The molecule has 42 heavy (non-hydrogen) atoms. The van der Waals surface area contributed by atoms with Gasteiger partial charge >= 0.3 is 18.2 Å². The van der Waals surface area contributed by atoms with Gasteiger partial charge in [-0.1, -0.05) is 54.6 Å². The van der Waals surface area contributed by atoms with Crippen molar-refractivity contribution in [2.75, 3.05) is 11.9 Å². The molecule has 0 fully saturated rings. The van der Waals surface area contributed by atoms with Gasteiger partial charge in [0.2, 0.25) is 0 Å². The van der Waals surface area contributed by atoms with Crippen molar-refractivity contribution in [2.24, 2.45) is 0 Å². The zero-order chi connectivity index (χ0) is 30.7. The zero-order valence-corrected chi connectivity index (χ0v) is 24.8. The maximum atomic E-state index is 12.8. The molecule has 3 aromatic carbocycles. The SMILES string of the molecule is CC(C)(C)OC(=O)Nc1cc(C[C@H](NC(=O)OCC2c3ccccc3-c3ccccc32)C(=O)O)ccc1OC(C)(C)C. The number of aliphatic carboxylic acids is 1. The minimum absolute atomic E-state index is 0.0572. The van der Waals surface area contributed by atoms with Gasteiger partial charge < -0.3 is 24.6 Å². The highest BCUT2D eigenvalue weighted by Gasteiger charge is 2.30. The van der Waals surface area contributed by atoms with Gasteiger partial charge in [-0.2, -0.15) is 0 Å². The van der Waals surface area contributed by atoms with Crippen LogP contribution in [-0.2, 0) is 20.7 Å². The van der Waals surface area contributed by atoms with Crippen molar-refractivity contribution in [1.29, 1.82) is 0 Å². The van der Waals surface area contributed by atoms with E-state index in [4.69, 9.17) is 14.2 Å². The van der Waals surface area contributed by atoms with Crippen molar-refractivity contribution in [3.8, 4) is 16.9 Å². The second-order valence-corrected chi connectivity index (χ2v) is 12.2. The topological polar surface area (TPSA) is 123 Å². The van der Waals surface area contributed by atoms with E-state index < -0.39 is 35.4 Å². The molecular weight excluding hydrogens is 536 g/mol. The first-order valence-electron chi connectivity index (χ1n) is 13.9. The van der Waals surface area contributed by atoms with Crippen molar-refractivity contribution in [3.05, 3.63) is 83.4 Å². The Morgan fingerprint density at radius 2 is 1.43 bits per heavy atom. The average molecular weight is 575 g/mol. The van der Waals surface area contributed by atoms with Gasteiger partial charge in [0.25, 0.3) is 0 Å². The van der Waals surface area contributed by atoms with E-state index in [1.165, 1.54) is 0 Å². The van der Waals surface area contributed by atoms with E-state index >= 15 is 0 Å². The Balaban J connectivity index is 1.46. The summed E-state index contributed by atoms with van der Waals surface area (Å²) in [7, 11) is 0. The van der Waals surface area contributed by atoms with E-state index in [1.54, 1.807) is 39.0 Å². The molecule has 3 N–H and O–H groups in total. The molecule has 0 heterocycles. The fourth-order valence-corrected chi connectivity index (χ4v) is 4.85. The highest BCUT2D eigenvalue weighted by atomic mass is 16.6. The van der Waals surface area contributed by atoms with Crippen LogP contribution in [0.15, 0.2) is 66.7 Å². The number of nitrogens with one attached hydrogen (secondary N) is 2. The number of ether oxygens (including phenoxy) is 3. The minimum atomic E-state index is -1.27. The number of fused-ring (bicyclic) bond motifs is 3. The number of rotatable bonds is 8. The first-order chi connectivity index (χ1) is 19.7. The molecular formula is C33H38N2O7. The van der Waals surface area contributed by atoms with Crippen LogP contribution >= 0.6 is 0 Å². The molecule has 9 heteroatoms. The van der Waals surface area contributed by atoms with Gasteiger partial charge in [0.1, 0.15) is 29.6 Å². The van der Waals surface area contributed by atoms with Crippen molar-refractivity contribution in [1.82, 2.24) is 5.32 Å². The van der Waals surface area contributed by atoms with E-state index in [-0.39, 0.29) is 18.9 Å². The number of alkyl carbamates (subject to hydrolysis) is 1. The predicted molar refractivity (Wildman–Crippen MR) is 160 cm³/mol. The first kappa shape index (κ1) is 30.4. The summed E-state index contributed by atoms with van der Waals surface area (Å²) in [5.41, 5.74) is 3.92. The molecule has 3 aromatic rings. The average Bonchev–Trinajstić information content (AvgIpc) is 3.20. The van der Waals surface area contributed by atoms with Gasteiger partial charge in [-0.15, -0.1) is 0 Å². The lowest BCUT2D eigenvalue weighted by atomic mass is 9.98. The summed E-state index contributed by atoms with van der Waals surface area (Å²) in [6.07, 6.45) is -1.56. The molecule has 2 amide bonds. The number of anilines is 1. The van der Waals surface area contributed by atoms with Gasteiger partial charge in [-0.25, -0.2) is 14.4 Å². The molecule has 9 nitrogen and oxygen atoms in total. The quantitative estimate of drug-likeness (QED) is 0.272. The van der Waals surface area contributed by atoms with Crippen molar-refractivity contribution in [2.45, 2.75) is 71.1 Å². The summed E-state index contributed by atoms with van der Waals surface area (Å²) < 4.78 is 16.9. The summed E-state index contributed by atoms with van der Waals surface area (Å²) in [6.45, 7) is 10.9. The van der Waals surface area contributed by atoms with Gasteiger partial charge in [0, 0.05) is 12.3 Å². The standard InChI is InChI=1S/C33H38N2O7/c1-32(2,3)41-28-16-15-20(17-26(28)34-31(39)42-33(4,5)6)18-27(29(36)37)35-30(38)40-19-25-23-13-9-7-11-21(23)22-12-8-10-14-24(22)25/h7-17,25,27H,18-19H2,1-6H3,(H,34,39)(H,35,38)(H,36,37)/t27-/m0/s1. The lowest BCUT2D eigenvalue weighted by molar-refractivity contribution is -0.139. The monoisotopic (exact) mass is 574 g/mol. The van der Waals surface area contributed by atoms with E-state index in [0.717, 1.165) is 22.3 Å². The van der Waals surface area contributed by atoms with Crippen LogP contribution in [0.4, 0.5) is 15.3 Å². The van der Waals surface area contributed by atoms with Crippen LogP contribution in [0.2, 0.25) is 0 Å².